The minimum absolute atomic E-state index is 0.311. The largest absolute Gasteiger partial charge is 0.465 e. The molecule has 0 saturated heterocycles. The molecule has 1 aromatic rings. The van der Waals surface area contributed by atoms with E-state index < -0.39 is 6.09 Å². The van der Waals surface area contributed by atoms with Crippen molar-refractivity contribution in [2.45, 2.75) is 44.7 Å². The molecule has 1 saturated carbocycles. The maximum Gasteiger partial charge on any atom is 0.408 e. The quantitative estimate of drug-likeness (QED) is 0.809. The molecule has 0 radical (unpaired) electrons. The number of rotatable bonds is 2. The van der Waals surface area contributed by atoms with Crippen LogP contribution in [0.5, 0.6) is 0 Å². The van der Waals surface area contributed by atoms with Crippen molar-refractivity contribution in [1.82, 2.24) is 4.90 Å². The van der Waals surface area contributed by atoms with Crippen LogP contribution < -0.4 is 0 Å². The Labute approximate surface area is 121 Å². The predicted molar refractivity (Wildman–Crippen MR) is 79.7 cm³/mol. The fraction of sp³-hybridized carbons (Fsp3) is 0.500. The van der Waals surface area contributed by atoms with Crippen LogP contribution in [0, 0.1) is 3.57 Å². The van der Waals surface area contributed by atoms with Gasteiger partial charge >= 0.3 is 6.09 Å². The van der Waals surface area contributed by atoms with E-state index in [0.717, 1.165) is 18.4 Å². The number of carboxylic acid groups (broad SMARTS) is 1. The van der Waals surface area contributed by atoms with Crippen molar-refractivity contribution in [1.29, 1.82) is 0 Å². The van der Waals surface area contributed by atoms with Crippen molar-refractivity contribution in [3.63, 3.8) is 0 Å². The van der Waals surface area contributed by atoms with Gasteiger partial charge in [-0.05, 0) is 73.9 Å². The summed E-state index contributed by atoms with van der Waals surface area (Å²) in [6.45, 7) is 5.86. The number of hydrogen-bond donors (Lipinski definition) is 1. The van der Waals surface area contributed by atoms with Crippen LogP contribution in [-0.2, 0) is 5.54 Å². The molecule has 0 aliphatic heterocycles. The Hall–Kier alpha value is -0.780. The molecule has 1 aliphatic carbocycles. The average molecular weight is 359 g/mol. The van der Waals surface area contributed by atoms with Crippen LogP contribution in [0.4, 0.5) is 4.79 Å². The Balaban J connectivity index is 2.41. The van der Waals surface area contributed by atoms with E-state index in [1.54, 1.807) is 4.90 Å². The number of carbonyl (C=O) groups is 1. The topological polar surface area (TPSA) is 40.5 Å². The highest BCUT2D eigenvalue weighted by Gasteiger charge is 2.55. The molecular weight excluding hydrogens is 341 g/mol. The van der Waals surface area contributed by atoms with E-state index in [1.165, 1.54) is 3.57 Å². The minimum atomic E-state index is -0.835. The first kappa shape index (κ1) is 13.6. The maximum absolute atomic E-state index is 11.6. The predicted octanol–water partition coefficient (Wildman–Crippen LogP) is 4.06. The maximum atomic E-state index is 11.6. The summed E-state index contributed by atoms with van der Waals surface area (Å²) < 4.78 is 1.17. The summed E-state index contributed by atoms with van der Waals surface area (Å²) in [6.07, 6.45) is 0.993. The molecular formula is C14H18INO2. The van der Waals surface area contributed by atoms with E-state index in [1.807, 2.05) is 32.9 Å². The van der Waals surface area contributed by atoms with Gasteiger partial charge in [0, 0.05) is 9.11 Å². The molecule has 2 rings (SSSR count). The number of nitrogens with zero attached hydrogens (tertiary/aromatic N) is 1. The van der Waals surface area contributed by atoms with Crippen molar-refractivity contribution >= 4 is 28.7 Å². The molecule has 1 aliphatic rings. The minimum Gasteiger partial charge on any atom is -0.465 e. The van der Waals surface area contributed by atoms with Gasteiger partial charge in [0.05, 0.1) is 5.54 Å². The van der Waals surface area contributed by atoms with Crippen LogP contribution in [-0.4, -0.2) is 21.6 Å². The number of hydrogen-bond acceptors (Lipinski definition) is 1. The lowest BCUT2D eigenvalue weighted by Gasteiger charge is -2.40. The zero-order valence-electron chi connectivity index (χ0n) is 10.9. The normalized spacial score (nSPS) is 17.3. The molecule has 1 N–H and O–H groups in total. The van der Waals surface area contributed by atoms with Crippen LogP contribution in [0.2, 0.25) is 0 Å². The first-order valence-electron chi connectivity index (χ1n) is 6.07. The number of halogens is 1. The second kappa shape index (κ2) is 4.40. The lowest BCUT2D eigenvalue weighted by molar-refractivity contribution is 0.0595. The van der Waals surface area contributed by atoms with E-state index in [0.29, 0.717) is 0 Å². The zero-order valence-corrected chi connectivity index (χ0v) is 13.1. The summed E-state index contributed by atoms with van der Waals surface area (Å²) in [7, 11) is 0. The average Bonchev–Trinajstić information content (AvgIpc) is 2.97. The standard InChI is InChI=1S/C14H18INO2/c1-13(2,3)16(12(17)18)14(8-9-14)10-4-6-11(15)7-5-10/h4-7H,8-9H2,1-3H3,(H,17,18). The summed E-state index contributed by atoms with van der Waals surface area (Å²) in [5.41, 5.74) is 0.417. The summed E-state index contributed by atoms with van der Waals surface area (Å²) in [4.78, 5) is 13.2. The number of amides is 1. The van der Waals surface area contributed by atoms with E-state index >= 15 is 0 Å². The molecule has 18 heavy (non-hydrogen) atoms. The first-order valence-corrected chi connectivity index (χ1v) is 7.14. The highest BCUT2D eigenvalue weighted by atomic mass is 127. The lowest BCUT2D eigenvalue weighted by Crippen LogP contribution is -2.51. The second-order valence-corrected chi connectivity index (χ2v) is 7.07. The summed E-state index contributed by atoms with van der Waals surface area (Å²) in [5, 5.41) is 9.52. The van der Waals surface area contributed by atoms with Gasteiger partial charge < -0.3 is 5.11 Å². The van der Waals surface area contributed by atoms with Gasteiger partial charge in [0.1, 0.15) is 0 Å². The molecule has 0 bridgehead atoms. The Morgan fingerprint density at radius 3 is 2.11 bits per heavy atom. The lowest BCUT2D eigenvalue weighted by atomic mass is 9.96. The Morgan fingerprint density at radius 1 is 1.28 bits per heavy atom. The van der Waals surface area contributed by atoms with Gasteiger partial charge in [-0.3, -0.25) is 4.90 Å². The molecule has 1 fully saturated rings. The SMILES string of the molecule is CC(C)(C)N(C(=O)O)C1(c2ccc(I)cc2)CC1. The van der Waals surface area contributed by atoms with Gasteiger partial charge in [-0.15, -0.1) is 0 Å². The molecule has 0 aromatic heterocycles. The van der Waals surface area contributed by atoms with Crippen molar-refractivity contribution in [2.24, 2.45) is 0 Å². The van der Waals surface area contributed by atoms with Gasteiger partial charge in [-0.2, -0.15) is 0 Å². The van der Waals surface area contributed by atoms with Crippen LogP contribution in [0.3, 0.4) is 0 Å². The highest BCUT2D eigenvalue weighted by molar-refractivity contribution is 14.1. The van der Waals surface area contributed by atoms with Crippen LogP contribution >= 0.6 is 22.6 Å². The van der Waals surface area contributed by atoms with Crippen molar-refractivity contribution < 1.29 is 9.90 Å². The van der Waals surface area contributed by atoms with Gasteiger partial charge in [-0.1, -0.05) is 12.1 Å². The Kier molecular flexibility index (Phi) is 3.34. The Morgan fingerprint density at radius 2 is 1.78 bits per heavy atom. The fourth-order valence-corrected chi connectivity index (χ4v) is 2.99. The molecule has 0 unspecified atom stereocenters. The smallest absolute Gasteiger partial charge is 0.408 e. The summed E-state index contributed by atoms with van der Waals surface area (Å²) >= 11 is 2.26. The third kappa shape index (κ3) is 2.35. The number of benzene rings is 1. The van der Waals surface area contributed by atoms with E-state index in [4.69, 9.17) is 0 Å². The van der Waals surface area contributed by atoms with E-state index in [9.17, 15) is 9.90 Å². The molecule has 0 heterocycles. The second-order valence-electron chi connectivity index (χ2n) is 5.83. The Bertz CT molecular complexity index is 458. The van der Waals surface area contributed by atoms with Gasteiger partial charge in [0.2, 0.25) is 0 Å². The van der Waals surface area contributed by atoms with Gasteiger partial charge in [0.25, 0.3) is 0 Å². The highest BCUT2D eigenvalue weighted by Crippen LogP contribution is 2.53. The molecule has 98 valence electrons. The third-order valence-corrected chi connectivity index (χ3v) is 4.11. The molecule has 4 heteroatoms. The molecule has 0 spiro atoms. The van der Waals surface area contributed by atoms with Crippen molar-refractivity contribution in [3.05, 3.63) is 33.4 Å². The molecule has 0 atom stereocenters. The monoisotopic (exact) mass is 359 g/mol. The zero-order chi connectivity index (χ0) is 13.6. The van der Waals surface area contributed by atoms with Crippen LogP contribution in [0.1, 0.15) is 39.2 Å². The summed E-state index contributed by atoms with van der Waals surface area (Å²) in [6, 6.07) is 8.18. The van der Waals surface area contributed by atoms with E-state index in [2.05, 4.69) is 34.7 Å². The van der Waals surface area contributed by atoms with Crippen molar-refractivity contribution in [3.8, 4) is 0 Å². The van der Waals surface area contributed by atoms with Crippen LogP contribution in [0.25, 0.3) is 0 Å². The van der Waals surface area contributed by atoms with Gasteiger partial charge in [-0.25, -0.2) is 4.79 Å². The third-order valence-electron chi connectivity index (χ3n) is 3.40. The van der Waals surface area contributed by atoms with Crippen LogP contribution in [0.15, 0.2) is 24.3 Å². The van der Waals surface area contributed by atoms with Crippen molar-refractivity contribution in [2.75, 3.05) is 0 Å². The van der Waals surface area contributed by atoms with Gasteiger partial charge in [0.15, 0.2) is 0 Å². The van der Waals surface area contributed by atoms with E-state index in [-0.39, 0.29) is 11.1 Å². The molecule has 3 nitrogen and oxygen atoms in total. The fourth-order valence-electron chi connectivity index (χ4n) is 2.63. The molecule has 1 aromatic carbocycles. The molecule has 1 amide bonds. The summed E-state index contributed by atoms with van der Waals surface area (Å²) in [5.74, 6) is 0. The first-order chi connectivity index (χ1) is 8.27.